The van der Waals surface area contributed by atoms with Crippen molar-refractivity contribution < 1.29 is 0 Å². The lowest BCUT2D eigenvalue weighted by Crippen LogP contribution is -1.84. The van der Waals surface area contributed by atoms with E-state index in [0.717, 1.165) is 5.56 Å². The molecule has 0 atom stereocenters. The molecule has 0 aromatic heterocycles. The third-order valence-corrected chi connectivity index (χ3v) is 1.81. The van der Waals surface area contributed by atoms with Gasteiger partial charge in [-0.2, -0.15) is 0 Å². The molecule has 0 unspecified atom stereocenters. The summed E-state index contributed by atoms with van der Waals surface area (Å²) in [6.07, 6.45) is 0. The average Bonchev–Trinajstić information content (AvgIpc) is 1.88. The summed E-state index contributed by atoms with van der Waals surface area (Å²) in [4.78, 5) is 0. The molecule has 0 aliphatic carbocycles. The van der Waals surface area contributed by atoms with Gasteiger partial charge in [-0.15, -0.1) is 0 Å². The second-order valence-electron chi connectivity index (χ2n) is 2.48. The van der Waals surface area contributed by atoms with E-state index in [1.54, 1.807) is 5.37 Å². The molecular weight excluding hydrogens is 140 g/mol. The van der Waals surface area contributed by atoms with Gasteiger partial charge in [0, 0.05) is 5.37 Å². The van der Waals surface area contributed by atoms with Crippen LogP contribution in [0.3, 0.4) is 0 Å². The van der Waals surface area contributed by atoms with E-state index in [-0.39, 0.29) is 0 Å². The minimum absolute atomic E-state index is 1.15. The fourth-order valence-electron chi connectivity index (χ4n) is 0.958. The Morgan fingerprint density at radius 3 is 2.50 bits per heavy atom. The molecule has 0 N–H and O–H groups in total. The highest BCUT2D eigenvalue weighted by atomic mass is 32.1. The molecule has 0 radical (unpaired) electrons. The molecular formula is C9H10S. The molecule has 0 saturated heterocycles. The van der Waals surface area contributed by atoms with Gasteiger partial charge in [-0.05, 0) is 25.0 Å². The number of aryl methyl sites for hydroxylation is 2. The summed E-state index contributed by atoms with van der Waals surface area (Å²) >= 11 is 4.82. The van der Waals surface area contributed by atoms with Gasteiger partial charge in [-0.1, -0.05) is 36.0 Å². The minimum atomic E-state index is 1.15. The Hall–Kier alpha value is -0.690. The highest BCUT2D eigenvalue weighted by molar-refractivity contribution is 7.79. The molecule has 10 heavy (non-hydrogen) atoms. The summed E-state index contributed by atoms with van der Waals surface area (Å²) in [6, 6.07) is 6.26. The van der Waals surface area contributed by atoms with Gasteiger partial charge in [0.2, 0.25) is 0 Å². The van der Waals surface area contributed by atoms with Crippen molar-refractivity contribution >= 4 is 17.6 Å². The maximum Gasteiger partial charge on any atom is 0.00887 e. The summed E-state index contributed by atoms with van der Waals surface area (Å²) in [5.74, 6) is 0. The highest BCUT2D eigenvalue weighted by Crippen LogP contribution is 2.07. The zero-order chi connectivity index (χ0) is 7.56. The van der Waals surface area contributed by atoms with Crippen LogP contribution >= 0.6 is 12.2 Å². The van der Waals surface area contributed by atoms with Crippen molar-refractivity contribution in [1.29, 1.82) is 0 Å². The van der Waals surface area contributed by atoms with Gasteiger partial charge in [0.25, 0.3) is 0 Å². The summed E-state index contributed by atoms with van der Waals surface area (Å²) < 4.78 is 0. The van der Waals surface area contributed by atoms with Crippen molar-refractivity contribution in [3.05, 3.63) is 34.9 Å². The first-order chi connectivity index (χ1) is 4.74. The first-order valence-electron chi connectivity index (χ1n) is 3.26. The monoisotopic (exact) mass is 150 g/mol. The molecule has 0 bridgehead atoms. The Morgan fingerprint density at radius 1 is 1.30 bits per heavy atom. The molecule has 1 rings (SSSR count). The van der Waals surface area contributed by atoms with Gasteiger partial charge in [0.15, 0.2) is 0 Å². The first kappa shape index (κ1) is 7.42. The van der Waals surface area contributed by atoms with Crippen LogP contribution < -0.4 is 0 Å². The van der Waals surface area contributed by atoms with Crippen LogP contribution in [0.2, 0.25) is 0 Å². The van der Waals surface area contributed by atoms with E-state index in [2.05, 4.69) is 32.0 Å². The highest BCUT2D eigenvalue weighted by Gasteiger charge is 1.92. The fourth-order valence-corrected chi connectivity index (χ4v) is 1.22. The van der Waals surface area contributed by atoms with Gasteiger partial charge in [0.05, 0.1) is 0 Å². The van der Waals surface area contributed by atoms with Crippen molar-refractivity contribution in [2.75, 3.05) is 0 Å². The number of hydrogen-bond acceptors (Lipinski definition) is 1. The van der Waals surface area contributed by atoms with Crippen LogP contribution in [0.4, 0.5) is 0 Å². The third kappa shape index (κ3) is 1.42. The molecule has 52 valence electrons. The van der Waals surface area contributed by atoms with Crippen LogP contribution in [0.25, 0.3) is 0 Å². The van der Waals surface area contributed by atoms with Crippen LogP contribution in [-0.2, 0) is 0 Å². The van der Waals surface area contributed by atoms with E-state index in [1.807, 2.05) is 0 Å². The molecule has 0 saturated carbocycles. The molecule has 1 aromatic carbocycles. The molecule has 0 amide bonds. The Labute approximate surface area is 66.9 Å². The number of hydrogen-bond donors (Lipinski definition) is 0. The van der Waals surface area contributed by atoms with E-state index >= 15 is 0 Å². The van der Waals surface area contributed by atoms with Gasteiger partial charge in [-0.3, -0.25) is 0 Å². The molecule has 0 aliphatic heterocycles. The Morgan fingerprint density at radius 2 is 2.00 bits per heavy atom. The average molecular weight is 150 g/mol. The summed E-state index contributed by atoms with van der Waals surface area (Å²) in [7, 11) is 0. The molecule has 1 aromatic rings. The normalized spacial score (nSPS) is 9.40. The van der Waals surface area contributed by atoms with Crippen LogP contribution in [0, 0.1) is 13.8 Å². The Balaban J connectivity index is 3.19. The number of rotatable bonds is 1. The molecule has 0 spiro atoms. The first-order valence-corrected chi connectivity index (χ1v) is 3.73. The quantitative estimate of drug-likeness (QED) is 0.555. The summed E-state index contributed by atoms with van der Waals surface area (Å²) in [6.45, 7) is 4.16. The molecule has 0 heterocycles. The van der Waals surface area contributed by atoms with Crippen molar-refractivity contribution in [3.8, 4) is 0 Å². The standard InChI is InChI=1S/C9H10S/c1-7-3-4-9(6-10)8(2)5-7/h3-6H,1-2H3. The SMILES string of the molecule is Cc1ccc(C=S)c(C)c1. The number of benzene rings is 1. The fraction of sp³-hybridized carbons (Fsp3) is 0.222. The summed E-state index contributed by atoms with van der Waals surface area (Å²) in [5, 5.41) is 1.72. The van der Waals surface area contributed by atoms with Gasteiger partial charge in [0.1, 0.15) is 0 Å². The zero-order valence-corrected chi connectivity index (χ0v) is 7.03. The van der Waals surface area contributed by atoms with Crippen molar-refractivity contribution in [3.63, 3.8) is 0 Å². The maximum atomic E-state index is 4.82. The Bertz CT molecular complexity index is 251. The molecule has 1 heteroatoms. The molecule has 0 aliphatic rings. The predicted molar refractivity (Wildman–Crippen MR) is 48.7 cm³/mol. The predicted octanol–water partition coefficient (Wildman–Crippen LogP) is 2.65. The van der Waals surface area contributed by atoms with Gasteiger partial charge < -0.3 is 0 Å². The Kier molecular flexibility index (Phi) is 2.17. The third-order valence-electron chi connectivity index (χ3n) is 1.55. The van der Waals surface area contributed by atoms with E-state index in [9.17, 15) is 0 Å². The van der Waals surface area contributed by atoms with Crippen molar-refractivity contribution in [1.82, 2.24) is 0 Å². The van der Waals surface area contributed by atoms with Crippen molar-refractivity contribution in [2.45, 2.75) is 13.8 Å². The molecule has 0 fully saturated rings. The van der Waals surface area contributed by atoms with E-state index in [4.69, 9.17) is 12.2 Å². The van der Waals surface area contributed by atoms with Crippen LogP contribution in [-0.4, -0.2) is 5.37 Å². The maximum absolute atomic E-state index is 4.82. The number of thiocarbonyl (C=S) groups is 1. The van der Waals surface area contributed by atoms with Gasteiger partial charge in [-0.25, -0.2) is 0 Å². The second kappa shape index (κ2) is 2.93. The topological polar surface area (TPSA) is 0 Å². The zero-order valence-electron chi connectivity index (χ0n) is 6.22. The van der Waals surface area contributed by atoms with E-state index in [1.165, 1.54) is 11.1 Å². The lowest BCUT2D eigenvalue weighted by molar-refractivity contribution is 1.38. The lowest BCUT2D eigenvalue weighted by Gasteiger charge is -1.98. The van der Waals surface area contributed by atoms with Crippen molar-refractivity contribution in [2.24, 2.45) is 0 Å². The smallest absolute Gasteiger partial charge is 0.00887 e. The van der Waals surface area contributed by atoms with Gasteiger partial charge >= 0.3 is 0 Å². The minimum Gasteiger partial charge on any atom is -0.0881 e. The van der Waals surface area contributed by atoms with E-state index < -0.39 is 0 Å². The lowest BCUT2D eigenvalue weighted by atomic mass is 10.1. The summed E-state index contributed by atoms with van der Waals surface area (Å²) in [5.41, 5.74) is 3.70. The second-order valence-corrected chi connectivity index (χ2v) is 2.71. The van der Waals surface area contributed by atoms with Crippen LogP contribution in [0.15, 0.2) is 18.2 Å². The molecule has 0 nitrogen and oxygen atoms in total. The largest absolute Gasteiger partial charge is 0.0881 e. The van der Waals surface area contributed by atoms with E-state index in [0.29, 0.717) is 0 Å². The van der Waals surface area contributed by atoms with Crippen LogP contribution in [0.5, 0.6) is 0 Å². The van der Waals surface area contributed by atoms with Crippen LogP contribution in [0.1, 0.15) is 16.7 Å².